The molecule has 0 amide bonds. The highest BCUT2D eigenvalue weighted by Gasteiger charge is 2.46. The van der Waals surface area contributed by atoms with Gasteiger partial charge in [-0.2, -0.15) is 4.99 Å². The van der Waals surface area contributed by atoms with E-state index < -0.39 is 42.4 Å². The van der Waals surface area contributed by atoms with Crippen LogP contribution in [0.2, 0.25) is 0 Å². The van der Waals surface area contributed by atoms with Crippen LogP contribution < -0.4 is 0 Å². The van der Waals surface area contributed by atoms with Gasteiger partial charge in [0.1, 0.15) is 0 Å². The summed E-state index contributed by atoms with van der Waals surface area (Å²) in [4.78, 5) is 37.3. The molecule has 0 aromatic carbocycles. The molecule has 0 spiro atoms. The maximum Gasteiger partial charge on any atom is 0.303 e. The highest BCUT2D eigenvalue weighted by atomic mass is 32.1. The molecule has 1 rings (SSSR count). The lowest BCUT2D eigenvalue weighted by molar-refractivity contribution is -0.224. The number of ether oxygens (including phenoxy) is 4. The van der Waals surface area contributed by atoms with E-state index >= 15 is 0 Å². The molecule has 4 atom stereocenters. The summed E-state index contributed by atoms with van der Waals surface area (Å²) < 4.78 is 20.5. The third-order valence-electron chi connectivity index (χ3n) is 2.50. The van der Waals surface area contributed by atoms with Crippen LogP contribution in [0.3, 0.4) is 0 Å². The number of carbonyl (C=O) groups excluding carboxylic acids is 3. The summed E-state index contributed by atoms with van der Waals surface area (Å²) in [5, 5.41) is 2.11. The van der Waals surface area contributed by atoms with Crippen molar-refractivity contribution in [3.63, 3.8) is 0 Å². The maximum atomic E-state index is 11.2. The molecule has 0 aromatic heterocycles. The highest BCUT2D eigenvalue weighted by molar-refractivity contribution is 7.78. The van der Waals surface area contributed by atoms with Gasteiger partial charge >= 0.3 is 17.9 Å². The lowest BCUT2D eigenvalue weighted by Gasteiger charge is -2.38. The quantitative estimate of drug-likeness (QED) is 0.314. The molecule has 0 unspecified atom stereocenters. The largest absolute Gasteiger partial charge is 0.456 e. The van der Waals surface area contributed by atoms with Gasteiger partial charge in [0.2, 0.25) is 0 Å². The highest BCUT2D eigenvalue weighted by Crippen LogP contribution is 2.24. The Morgan fingerprint density at radius 2 is 1.57 bits per heavy atom. The number of hydrogen-bond donors (Lipinski definition) is 0. The first-order valence-corrected chi connectivity index (χ1v) is 6.46. The van der Waals surface area contributed by atoms with Crippen molar-refractivity contribution in [2.24, 2.45) is 4.99 Å². The monoisotopic (exact) mass is 317 g/mol. The van der Waals surface area contributed by atoms with Crippen LogP contribution in [-0.4, -0.2) is 54.2 Å². The van der Waals surface area contributed by atoms with E-state index in [-0.39, 0.29) is 6.61 Å². The minimum atomic E-state index is -1.08. The first-order chi connectivity index (χ1) is 9.85. The lowest BCUT2D eigenvalue weighted by atomic mass is 10.0. The van der Waals surface area contributed by atoms with Gasteiger partial charge in [0.25, 0.3) is 0 Å². The van der Waals surface area contributed by atoms with Crippen molar-refractivity contribution < 1.29 is 33.3 Å². The molecule has 0 N–H and O–H groups in total. The smallest absolute Gasteiger partial charge is 0.303 e. The summed E-state index contributed by atoms with van der Waals surface area (Å²) in [7, 11) is 0. The van der Waals surface area contributed by atoms with Crippen LogP contribution in [0, 0.1) is 0 Å². The molecule has 0 aliphatic carbocycles. The molecular weight excluding hydrogens is 302 g/mol. The second-order valence-corrected chi connectivity index (χ2v) is 4.42. The lowest BCUT2D eigenvalue weighted by Crippen LogP contribution is -2.56. The van der Waals surface area contributed by atoms with Gasteiger partial charge < -0.3 is 18.9 Å². The van der Waals surface area contributed by atoms with Gasteiger partial charge in [-0.25, -0.2) is 0 Å². The van der Waals surface area contributed by atoms with E-state index in [1.807, 2.05) is 0 Å². The molecule has 21 heavy (non-hydrogen) atoms. The Morgan fingerprint density at radius 3 is 2.05 bits per heavy atom. The molecule has 116 valence electrons. The van der Waals surface area contributed by atoms with Crippen LogP contribution >= 0.6 is 12.2 Å². The van der Waals surface area contributed by atoms with Gasteiger partial charge in [-0.05, 0) is 12.2 Å². The Bertz CT molecular complexity index is 474. The molecule has 1 aliphatic rings. The summed E-state index contributed by atoms with van der Waals surface area (Å²) in [5.74, 6) is -1.84. The van der Waals surface area contributed by atoms with E-state index in [1.54, 1.807) is 0 Å². The molecule has 1 aliphatic heterocycles. The van der Waals surface area contributed by atoms with Crippen molar-refractivity contribution in [2.75, 3.05) is 6.61 Å². The summed E-state index contributed by atoms with van der Waals surface area (Å²) in [6.07, 6.45) is -4.02. The van der Waals surface area contributed by atoms with Crippen molar-refractivity contribution >= 4 is 35.3 Å². The Morgan fingerprint density at radius 1 is 1.05 bits per heavy atom. The van der Waals surface area contributed by atoms with Crippen LogP contribution in [0.15, 0.2) is 4.99 Å². The van der Waals surface area contributed by atoms with Gasteiger partial charge in [-0.1, -0.05) is 0 Å². The number of esters is 3. The van der Waals surface area contributed by atoms with Crippen LogP contribution in [-0.2, 0) is 33.3 Å². The molecule has 0 bridgehead atoms. The Balaban J connectivity index is 3.05. The molecule has 1 fully saturated rings. The fourth-order valence-electron chi connectivity index (χ4n) is 1.89. The fourth-order valence-corrected chi connectivity index (χ4v) is 1.99. The summed E-state index contributed by atoms with van der Waals surface area (Å²) in [6.45, 7) is 3.48. The van der Waals surface area contributed by atoms with E-state index in [0.29, 0.717) is 0 Å². The molecule has 9 heteroatoms. The Kier molecular flexibility index (Phi) is 6.41. The topological polar surface area (TPSA) is 100 Å². The SMILES string of the molecule is CC(=O)O[C@@H]1[C@@H](OC(C)=O)[C@@H](N=C=S)OC[C@@H]1OC(C)=O. The fraction of sp³-hybridized carbons (Fsp3) is 0.667. The molecule has 1 heterocycles. The maximum absolute atomic E-state index is 11.2. The predicted octanol–water partition coefficient (Wildman–Crippen LogP) is 0.241. The summed E-state index contributed by atoms with van der Waals surface area (Å²) >= 11 is 4.49. The minimum absolute atomic E-state index is 0.0829. The molecule has 0 aromatic rings. The van der Waals surface area contributed by atoms with Gasteiger partial charge in [0, 0.05) is 20.8 Å². The van der Waals surface area contributed by atoms with Crippen LogP contribution in [0.5, 0.6) is 0 Å². The van der Waals surface area contributed by atoms with Crippen molar-refractivity contribution in [1.29, 1.82) is 0 Å². The number of hydrogen-bond acceptors (Lipinski definition) is 9. The zero-order valence-corrected chi connectivity index (χ0v) is 12.5. The number of nitrogens with zero attached hydrogens (tertiary/aromatic N) is 1. The number of isothiocyanates is 1. The zero-order valence-electron chi connectivity index (χ0n) is 11.7. The molecule has 1 saturated heterocycles. The first kappa shape index (κ1) is 17.2. The van der Waals surface area contributed by atoms with Gasteiger partial charge in [-0.15, -0.1) is 0 Å². The molecular formula is C12H15NO7S. The number of rotatable bonds is 4. The van der Waals surface area contributed by atoms with Crippen molar-refractivity contribution in [1.82, 2.24) is 0 Å². The normalized spacial score (nSPS) is 28.0. The van der Waals surface area contributed by atoms with E-state index in [4.69, 9.17) is 18.9 Å². The van der Waals surface area contributed by atoms with Gasteiger partial charge in [0.15, 0.2) is 24.5 Å². The van der Waals surface area contributed by atoms with Crippen LogP contribution in [0.1, 0.15) is 20.8 Å². The summed E-state index contributed by atoms with van der Waals surface area (Å²) in [6, 6.07) is 0. The Hall–Kier alpha value is -1.83. The average molecular weight is 317 g/mol. The van der Waals surface area contributed by atoms with Crippen molar-refractivity contribution in [3.8, 4) is 0 Å². The molecule has 8 nitrogen and oxygen atoms in total. The third kappa shape index (κ3) is 5.22. The third-order valence-corrected chi connectivity index (χ3v) is 2.61. The van der Waals surface area contributed by atoms with Gasteiger partial charge in [0.05, 0.1) is 11.8 Å². The number of carbonyl (C=O) groups is 3. The van der Waals surface area contributed by atoms with E-state index in [9.17, 15) is 14.4 Å². The first-order valence-electron chi connectivity index (χ1n) is 6.05. The van der Waals surface area contributed by atoms with Crippen molar-refractivity contribution in [3.05, 3.63) is 0 Å². The minimum Gasteiger partial charge on any atom is -0.456 e. The second kappa shape index (κ2) is 7.82. The number of aliphatic imine (C=N–C) groups is 1. The van der Waals surface area contributed by atoms with Crippen molar-refractivity contribution in [2.45, 2.75) is 45.3 Å². The predicted molar refractivity (Wildman–Crippen MR) is 71.4 cm³/mol. The second-order valence-electron chi connectivity index (χ2n) is 4.24. The van der Waals surface area contributed by atoms with Gasteiger partial charge in [-0.3, -0.25) is 14.4 Å². The van der Waals surface area contributed by atoms with E-state index in [1.165, 1.54) is 20.8 Å². The number of thiocarbonyl (C=S) groups is 1. The molecule has 0 radical (unpaired) electrons. The van der Waals surface area contributed by atoms with E-state index in [2.05, 4.69) is 22.4 Å². The van der Waals surface area contributed by atoms with Crippen LogP contribution in [0.4, 0.5) is 0 Å². The van der Waals surface area contributed by atoms with Crippen LogP contribution in [0.25, 0.3) is 0 Å². The van der Waals surface area contributed by atoms with E-state index in [0.717, 1.165) is 0 Å². The Labute approximate surface area is 126 Å². The zero-order chi connectivity index (χ0) is 16.0. The standard InChI is InChI=1S/C12H15NO7S/c1-6(14)18-9-4-17-12(13-5-21)11(20-8(3)16)10(9)19-7(2)15/h9-12H,4H2,1-3H3/t9-,10-,11+,12-/m0/s1. The molecule has 0 saturated carbocycles. The summed E-state index contributed by atoms with van der Waals surface area (Å²) in [5.41, 5.74) is 0. The average Bonchev–Trinajstić information content (AvgIpc) is 2.35.